The van der Waals surface area contributed by atoms with Crippen LogP contribution in [0.4, 0.5) is 0 Å². The highest BCUT2D eigenvalue weighted by Gasteiger charge is 2.22. The normalized spacial score (nSPS) is 22.0. The zero-order valence-electron chi connectivity index (χ0n) is 14.9. The Morgan fingerprint density at radius 3 is 2.84 bits per heavy atom. The van der Waals surface area contributed by atoms with E-state index in [1.165, 1.54) is 25.7 Å². The molecule has 0 aromatic heterocycles. The molecule has 0 bridgehead atoms. The molecule has 142 valence electrons. The lowest BCUT2D eigenvalue weighted by molar-refractivity contribution is 0.187. The number of rotatable bonds is 6. The van der Waals surface area contributed by atoms with Gasteiger partial charge in [-0.3, -0.25) is 4.99 Å². The molecule has 0 amide bonds. The van der Waals surface area contributed by atoms with Crippen molar-refractivity contribution in [3.05, 3.63) is 34.9 Å². The summed E-state index contributed by atoms with van der Waals surface area (Å²) < 4.78 is 0. The Kier molecular flexibility index (Phi) is 11.2. The van der Waals surface area contributed by atoms with Gasteiger partial charge >= 0.3 is 0 Å². The third-order valence-electron chi connectivity index (χ3n) is 4.33. The molecule has 4 nitrogen and oxygen atoms in total. The summed E-state index contributed by atoms with van der Waals surface area (Å²) in [6, 6.07) is 7.82. The van der Waals surface area contributed by atoms with Gasteiger partial charge in [0.2, 0.25) is 0 Å². The Morgan fingerprint density at radius 1 is 1.40 bits per heavy atom. The van der Waals surface area contributed by atoms with E-state index >= 15 is 0 Å². The Balaban J connectivity index is 0.00000312. The van der Waals surface area contributed by atoms with Gasteiger partial charge in [0, 0.05) is 28.4 Å². The molecule has 1 aromatic rings. The molecule has 1 saturated carbocycles. The number of nitrogens with zero attached hydrogens (tertiary/aromatic N) is 1. The van der Waals surface area contributed by atoms with Gasteiger partial charge in [-0.1, -0.05) is 36.2 Å². The van der Waals surface area contributed by atoms with E-state index in [0.29, 0.717) is 11.1 Å². The highest BCUT2D eigenvalue weighted by molar-refractivity contribution is 14.0. The van der Waals surface area contributed by atoms with Gasteiger partial charge in [0.1, 0.15) is 6.10 Å². The van der Waals surface area contributed by atoms with Gasteiger partial charge in [0.15, 0.2) is 5.96 Å². The van der Waals surface area contributed by atoms with Gasteiger partial charge in [-0.2, -0.15) is 11.8 Å². The number of aliphatic hydroxyl groups excluding tert-OH is 1. The van der Waals surface area contributed by atoms with Crippen LogP contribution < -0.4 is 10.6 Å². The first-order valence-electron chi connectivity index (χ1n) is 8.64. The van der Waals surface area contributed by atoms with Crippen molar-refractivity contribution in [2.75, 3.05) is 19.3 Å². The lowest BCUT2D eigenvalue weighted by Gasteiger charge is -2.30. The van der Waals surface area contributed by atoms with Gasteiger partial charge in [-0.15, -0.1) is 24.0 Å². The molecule has 0 heterocycles. The van der Waals surface area contributed by atoms with E-state index < -0.39 is 6.10 Å². The number of guanidine groups is 1. The topological polar surface area (TPSA) is 56.7 Å². The molecule has 3 atom stereocenters. The number of hydrogen-bond acceptors (Lipinski definition) is 3. The average Bonchev–Trinajstić information content (AvgIpc) is 2.60. The number of benzene rings is 1. The molecular formula is C18H29ClIN3OS. The molecule has 2 rings (SSSR count). The average molecular weight is 498 g/mol. The lowest BCUT2D eigenvalue weighted by Crippen LogP contribution is -2.45. The third-order valence-corrected chi connectivity index (χ3v) is 5.77. The van der Waals surface area contributed by atoms with E-state index in [2.05, 4.69) is 21.9 Å². The molecule has 0 aliphatic heterocycles. The van der Waals surface area contributed by atoms with Crippen molar-refractivity contribution in [1.82, 2.24) is 10.6 Å². The Hall–Kier alpha value is -0.180. The van der Waals surface area contributed by atoms with Gasteiger partial charge in [0.05, 0.1) is 6.54 Å². The molecule has 1 aliphatic rings. The second kappa shape index (κ2) is 12.3. The Morgan fingerprint density at radius 2 is 2.16 bits per heavy atom. The van der Waals surface area contributed by atoms with Crippen LogP contribution in [-0.4, -0.2) is 41.7 Å². The minimum atomic E-state index is -0.695. The van der Waals surface area contributed by atoms with E-state index in [0.717, 1.165) is 23.3 Å². The molecule has 0 spiro atoms. The molecule has 25 heavy (non-hydrogen) atoms. The molecule has 0 radical (unpaired) electrons. The quantitative estimate of drug-likeness (QED) is 0.313. The fraction of sp³-hybridized carbons (Fsp3) is 0.611. The SMILES string of the molecule is CCNC(=NCC(O)c1ccccc1Cl)NC1CCCC(SC)C1.I. The van der Waals surface area contributed by atoms with Crippen LogP contribution in [0, 0.1) is 0 Å². The number of aliphatic hydroxyl groups is 1. The van der Waals surface area contributed by atoms with Gasteiger partial charge in [-0.05, 0) is 38.5 Å². The van der Waals surface area contributed by atoms with Gasteiger partial charge in [0.25, 0.3) is 0 Å². The first-order chi connectivity index (χ1) is 11.6. The number of thioether (sulfide) groups is 1. The van der Waals surface area contributed by atoms with Gasteiger partial charge < -0.3 is 15.7 Å². The fourth-order valence-corrected chi connectivity index (χ4v) is 4.11. The summed E-state index contributed by atoms with van der Waals surface area (Å²) in [6.07, 6.45) is 6.39. The summed E-state index contributed by atoms with van der Waals surface area (Å²) in [5.41, 5.74) is 0.721. The van der Waals surface area contributed by atoms with Crippen LogP contribution >= 0.6 is 47.3 Å². The summed E-state index contributed by atoms with van der Waals surface area (Å²) in [6.45, 7) is 3.14. The molecule has 0 saturated heterocycles. The standard InChI is InChI=1S/C18H28ClN3OS.HI/c1-3-20-18(22-13-7-6-8-14(11-13)24-2)21-12-17(23)15-9-4-5-10-16(15)19;/h4-5,9-10,13-14,17,23H,3,6-8,11-12H2,1-2H3,(H2,20,21,22);1H. The van der Waals surface area contributed by atoms with Crippen LogP contribution in [-0.2, 0) is 0 Å². The van der Waals surface area contributed by atoms with Crippen LogP contribution in [0.25, 0.3) is 0 Å². The highest BCUT2D eigenvalue weighted by Crippen LogP contribution is 2.27. The van der Waals surface area contributed by atoms with Crippen molar-refractivity contribution in [1.29, 1.82) is 0 Å². The molecule has 3 unspecified atom stereocenters. The van der Waals surface area contributed by atoms with Crippen LogP contribution in [0.2, 0.25) is 5.02 Å². The zero-order chi connectivity index (χ0) is 17.4. The predicted molar refractivity (Wildman–Crippen MR) is 121 cm³/mol. The molecular weight excluding hydrogens is 469 g/mol. The van der Waals surface area contributed by atoms with Crippen molar-refractivity contribution in [2.45, 2.75) is 50.0 Å². The zero-order valence-corrected chi connectivity index (χ0v) is 18.8. The Labute approximate surface area is 177 Å². The number of nitrogens with one attached hydrogen (secondary N) is 2. The second-order valence-electron chi connectivity index (χ2n) is 6.12. The number of aliphatic imine (C=N–C) groups is 1. The lowest BCUT2D eigenvalue weighted by atomic mass is 9.95. The Bertz CT molecular complexity index is 547. The maximum Gasteiger partial charge on any atom is 0.191 e. The first kappa shape index (κ1) is 22.9. The molecule has 3 N–H and O–H groups in total. The minimum absolute atomic E-state index is 0. The molecule has 7 heteroatoms. The third kappa shape index (κ3) is 7.53. The molecule has 1 aromatic carbocycles. The number of hydrogen-bond donors (Lipinski definition) is 3. The van der Waals surface area contributed by atoms with Gasteiger partial charge in [-0.25, -0.2) is 0 Å². The minimum Gasteiger partial charge on any atom is -0.386 e. The largest absolute Gasteiger partial charge is 0.386 e. The monoisotopic (exact) mass is 497 g/mol. The smallest absolute Gasteiger partial charge is 0.191 e. The van der Waals surface area contributed by atoms with E-state index in [9.17, 15) is 5.11 Å². The predicted octanol–water partition coefficient (Wildman–Crippen LogP) is 4.22. The first-order valence-corrected chi connectivity index (χ1v) is 10.3. The maximum atomic E-state index is 10.4. The summed E-state index contributed by atoms with van der Waals surface area (Å²) in [5, 5.41) is 18.5. The molecule has 1 fully saturated rings. The maximum absolute atomic E-state index is 10.4. The van der Waals surface area contributed by atoms with Crippen LogP contribution in [0.3, 0.4) is 0 Å². The summed E-state index contributed by atoms with van der Waals surface area (Å²) in [5.74, 6) is 0.773. The van der Waals surface area contributed by atoms with Crippen molar-refractivity contribution >= 4 is 53.3 Å². The summed E-state index contributed by atoms with van der Waals surface area (Å²) in [4.78, 5) is 4.55. The van der Waals surface area contributed by atoms with Crippen LogP contribution in [0.1, 0.15) is 44.3 Å². The molecule has 1 aliphatic carbocycles. The van der Waals surface area contributed by atoms with E-state index in [4.69, 9.17) is 11.6 Å². The number of halogens is 2. The van der Waals surface area contributed by atoms with E-state index in [-0.39, 0.29) is 30.5 Å². The fourth-order valence-electron chi connectivity index (χ4n) is 3.02. The van der Waals surface area contributed by atoms with Crippen molar-refractivity contribution in [2.24, 2.45) is 4.99 Å². The van der Waals surface area contributed by atoms with Crippen molar-refractivity contribution in [3.8, 4) is 0 Å². The van der Waals surface area contributed by atoms with Crippen LogP contribution in [0.5, 0.6) is 0 Å². The van der Waals surface area contributed by atoms with Crippen molar-refractivity contribution in [3.63, 3.8) is 0 Å². The summed E-state index contributed by atoms with van der Waals surface area (Å²) >= 11 is 8.09. The highest BCUT2D eigenvalue weighted by atomic mass is 127. The van der Waals surface area contributed by atoms with E-state index in [1.807, 2.05) is 36.9 Å². The summed E-state index contributed by atoms with van der Waals surface area (Å²) in [7, 11) is 0. The second-order valence-corrected chi connectivity index (χ2v) is 7.67. The van der Waals surface area contributed by atoms with Crippen LogP contribution in [0.15, 0.2) is 29.3 Å². The van der Waals surface area contributed by atoms with E-state index in [1.54, 1.807) is 6.07 Å². The van der Waals surface area contributed by atoms with Crippen molar-refractivity contribution < 1.29 is 5.11 Å².